The molecule has 2 aromatic rings. The topological polar surface area (TPSA) is 12.0 Å². The second-order valence-electron chi connectivity index (χ2n) is 5.05. The molecule has 3 heteroatoms. The highest BCUT2D eigenvalue weighted by Gasteiger charge is 2.12. The lowest BCUT2D eigenvalue weighted by atomic mass is 10.0. The van der Waals surface area contributed by atoms with Crippen LogP contribution in [0, 0.1) is 0 Å². The number of hydrogen-bond donors (Lipinski definition) is 1. The minimum atomic E-state index is 0.495. The summed E-state index contributed by atoms with van der Waals surface area (Å²) in [6, 6.07) is 13.5. The SMILES string of the molecule is CCCNC(CCCc1ccccc1)c1cc(Br)cs1. The number of halogens is 1. The van der Waals surface area contributed by atoms with Crippen LogP contribution in [0.15, 0.2) is 46.3 Å². The standard InChI is InChI=1S/C17H22BrNS/c1-2-11-19-16(17-12-15(18)13-20-17)10-6-9-14-7-4-3-5-8-14/h3-5,7-8,12-13,16,19H,2,6,9-11H2,1H3. The molecule has 20 heavy (non-hydrogen) atoms. The summed E-state index contributed by atoms with van der Waals surface area (Å²) in [5.74, 6) is 0. The van der Waals surface area contributed by atoms with E-state index < -0.39 is 0 Å². The van der Waals surface area contributed by atoms with Crippen molar-refractivity contribution in [3.05, 3.63) is 56.7 Å². The molecule has 0 radical (unpaired) electrons. The van der Waals surface area contributed by atoms with Gasteiger partial charge in [-0.05, 0) is 59.8 Å². The van der Waals surface area contributed by atoms with E-state index in [0.29, 0.717) is 6.04 Å². The summed E-state index contributed by atoms with van der Waals surface area (Å²) in [6.45, 7) is 3.31. The molecule has 0 saturated carbocycles. The lowest BCUT2D eigenvalue weighted by molar-refractivity contribution is 0.490. The van der Waals surface area contributed by atoms with Crippen molar-refractivity contribution >= 4 is 27.3 Å². The van der Waals surface area contributed by atoms with Gasteiger partial charge in [-0.3, -0.25) is 0 Å². The first-order valence-corrected chi connectivity index (χ1v) is 8.98. The Kier molecular flexibility index (Phi) is 6.77. The highest BCUT2D eigenvalue weighted by atomic mass is 79.9. The average molecular weight is 352 g/mol. The van der Waals surface area contributed by atoms with Gasteiger partial charge in [0.05, 0.1) is 0 Å². The first-order valence-electron chi connectivity index (χ1n) is 7.31. The predicted molar refractivity (Wildman–Crippen MR) is 92.4 cm³/mol. The monoisotopic (exact) mass is 351 g/mol. The summed E-state index contributed by atoms with van der Waals surface area (Å²) in [6.07, 6.45) is 4.77. The van der Waals surface area contributed by atoms with E-state index in [0.717, 1.165) is 13.0 Å². The van der Waals surface area contributed by atoms with Gasteiger partial charge in [0.2, 0.25) is 0 Å². The van der Waals surface area contributed by atoms with Crippen molar-refractivity contribution in [2.24, 2.45) is 0 Å². The van der Waals surface area contributed by atoms with Crippen LogP contribution in [-0.2, 0) is 6.42 Å². The maximum atomic E-state index is 3.67. The van der Waals surface area contributed by atoms with Gasteiger partial charge in [-0.2, -0.15) is 0 Å². The summed E-state index contributed by atoms with van der Waals surface area (Å²) in [7, 11) is 0. The van der Waals surface area contributed by atoms with Gasteiger partial charge in [-0.15, -0.1) is 11.3 Å². The molecule has 1 aromatic heterocycles. The molecule has 0 aliphatic heterocycles. The van der Waals surface area contributed by atoms with Gasteiger partial charge < -0.3 is 5.32 Å². The van der Waals surface area contributed by atoms with E-state index in [9.17, 15) is 0 Å². The van der Waals surface area contributed by atoms with E-state index in [-0.39, 0.29) is 0 Å². The Morgan fingerprint density at radius 3 is 2.70 bits per heavy atom. The van der Waals surface area contributed by atoms with Crippen LogP contribution in [0.4, 0.5) is 0 Å². The Morgan fingerprint density at radius 2 is 2.05 bits per heavy atom. The summed E-state index contributed by atoms with van der Waals surface area (Å²) in [4.78, 5) is 1.44. The van der Waals surface area contributed by atoms with Crippen molar-refractivity contribution in [1.29, 1.82) is 0 Å². The van der Waals surface area contributed by atoms with Crippen LogP contribution in [-0.4, -0.2) is 6.54 Å². The Balaban J connectivity index is 1.87. The third kappa shape index (κ3) is 5.04. The van der Waals surface area contributed by atoms with Crippen molar-refractivity contribution in [1.82, 2.24) is 5.32 Å². The van der Waals surface area contributed by atoms with Crippen molar-refractivity contribution in [2.75, 3.05) is 6.54 Å². The van der Waals surface area contributed by atoms with Gasteiger partial charge in [0.25, 0.3) is 0 Å². The van der Waals surface area contributed by atoms with Crippen molar-refractivity contribution in [2.45, 2.75) is 38.6 Å². The largest absolute Gasteiger partial charge is 0.309 e. The van der Waals surface area contributed by atoms with Crippen LogP contribution in [0.5, 0.6) is 0 Å². The molecular weight excluding hydrogens is 330 g/mol. The van der Waals surface area contributed by atoms with E-state index in [1.807, 2.05) is 11.3 Å². The molecular formula is C17H22BrNS. The molecule has 0 aliphatic rings. The molecule has 0 aliphatic carbocycles. The fraction of sp³-hybridized carbons (Fsp3) is 0.412. The molecule has 1 nitrogen and oxygen atoms in total. The van der Waals surface area contributed by atoms with E-state index in [2.05, 4.69) is 69.9 Å². The second kappa shape index (κ2) is 8.60. The van der Waals surface area contributed by atoms with Crippen LogP contribution in [0.2, 0.25) is 0 Å². The van der Waals surface area contributed by atoms with Crippen molar-refractivity contribution < 1.29 is 0 Å². The fourth-order valence-corrected chi connectivity index (χ4v) is 3.89. The molecule has 0 saturated heterocycles. The molecule has 1 aromatic carbocycles. The van der Waals surface area contributed by atoms with Crippen molar-refractivity contribution in [3.8, 4) is 0 Å². The first-order chi connectivity index (χ1) is 9.79. The first kappa shape index (κ1) is 15.7. The second-order valence-corrected chi connectivity index (χ2v) is 6.91. The minimum absolute atomic E-state index is 0.495. The minimum Gasteiger partial charge on any atom is -0.309 e. The molecule has 1 N–H and O–H groups in total. The lowest BCUT2D eigenvalue weighted by Crippen LogP contribution is -2.21. The Bertz CT molecular complexity index is 495. The van der Waals surface area contributed by atoms with Crippen LogP contribution in [0.1, 0.15) is 42.7 Å². The summed E-state index contributed by atoms with van der Waals surface area (Å²) in [5.41, 5.74) is 1.44. The Morgan fingerprint density at radius 1 is 1.25 bits per heavy atom. The molecule has 0 amide bonds. The normalized spacial score (nSPS) is 12.5. The molecule has 1 unspecified atom stereocenters. The van der Waals surface area contributed by atoms with E-state index in [1.165, 1.54) is 34.2 Å². The molecule has 108 valence electrons. The zero-order chi connectivity index (χ0) is 14.2. The van der Waals surface area contributed by atoms with Gasteiger partial charge in [0.15, 0.2) is 0 Å². The Labute approximate surface area is 134 Å². The van der Waals surface area contributed by atoms with Gasteiger partial charge >= 0.3 is 0 Å². The van der Waals surface area contributed by atoms with Gasteiger partial charge in [0, 0.05) is 20.8 Å². The third-order valence-corrected chi connectivity index (χ3v) is 5.18. The lowest BCUT2D eigenvalue weighted by Gasteiger charge is -2.17. The van der Waals surface area contributed by atoms with Crippen LogP contribution >= 0.6 is 27.3 Å². The number of benzene rings is 1. The predicted octanol–water partition coefficient (Wildman–Crippen LogP) is 5.57. The van der Waals surface area contributed by atoms with Crippen molar-refractivity contribution in [3.63, 3.8) is 0 Å². The zero-order valence-corrected chi connectivity index (χ0v) is 14.3. The molecule has 0 fully saturated rings. The van der Waals surface area contributed by atoms with Crippen LogP contribution in [0.25, 0.3) is 0 Å². The number of aryl methyl sites for hydroxylation is 1. The highest BCUT2D eigenvalue weighted by Crippen LogP contribution is 2.28. The number of hydrogen-bond acceptors (Lipinski definition) is 2. The van der Waals surface area contributed by atoms with Gasteiger partial charge in [-0.1, -0.05) is 37.3 Å². The zero-order valence-electron chi connectivity index (χ0n) is 11.9. The molecule has 0 spiro atoms. The number of nitrogens with one attached hydrogen (secondary N) is 1. The summed E-state index contributed by atoms with van der Waals surface area (Å²) >= 11 is 5.40. The van der Waals surface area contributed by atoms with Crippen LogP contribution in [0.3, 0.4) is 0 Å². The summed E-state index contributed by atoms with van der Waals surface area (Å²) in [5, 5.41) is 5.85. The smallest absolute Gasteiger partial charge is 0.0415 e. The molecule has 2 rings (SSSR count). The molecule has 0 bridgehead atoms. The quantitative estimate of drug-likeness (QED) is 0.654. The highest BCUT2D eigenvalue weighted by molar-refractivity contribution is 9.10. The maximum Gasteiger partial charge on any atom is 0.0415 e. The van der Waals surface area contributed by atoms with Gasteiger partial charge in [-0.25, -0.2) is 0 Å². The number of thiophene rings is 1. The maximum absolute atomic E-state index is 3.67. The Hall–Kier alpha value is -0.640. The average Bonchev–Trinajstić information content (AvgIpc) is 2.90. The van der Waals surface area contributed by atoms with Gasteiger partial charge in [0.1, 0.15) is 0 Å². The molecule has 1 atom stereocenters. The molecule has 1 heterocycles. The summed E-state index contributed by atoms with van der Waals surface area (Å²) < 4.78 is 1.20. The van der Waals surface area contributed by atoms with E-state index in [1.54, 1.807) is 0 Å². The number of rotatable bonds is 8. The van der Waals surface area contributed by atoms with E-state index in [4.69, 9.17) is 0 Å². The fourth-order valence-electron chi connectivity index (χ4n) is 2.33. The van der Waals surface area contributed by atoms with E-state index >= 15 is 0 Å². The van der Waals surface area contributed by atoms with Crippen LogP contribution < -0.4 is 5.32 Å². The third-order valence-electron chi connectivity index (χ3n) is 3.37.